The van der Waals surface area contributed by atoms with E-state index < -0.39 is 0 Å². The summed E-state index contributed by atoms with van der Waals surface area (Å²) < 4.78 is 5.35. The summed E-state index contributed by atoms with van der Waals surface area (Å²) in [7, 11) is 0. The Kier molecular flexibility index (Phi) is 4.87. The fraction of sp³-hybridized carbons (Fsp3) is 0.778. The molecule has 1 saturated heterocycles. The topological polar surface area (TPSA) is 9.23 Å². The van der Waals surface area contributed by atoms with Crippen LogP contribution in [0.15, 0.2) is 12.2 Å². The molecule has 0 aliphatic carbocycles. The van der Waals surface area contributed by atoms with Crippen molar-refractivity contribution < 1.29 is 4.74 Å². The highest BCUT2D eigenvalue weighted by Crippen LogP contribution is 2.14. The summed E-state index contributed by atoms with van der Waals surface area (Å²) in [5, 5.41) is 1.07. The predicted molar refractivity (Wildman–Crippen MR) is 51.1 cm³/mol. The zero-order valence-corrected chi connectivity index (χ0v) is 8.35. The van der Waals surface area contributed by atoms with Crippen molar-refractivity contribution in [3.05, 3.63) is 12.2 Å². The second-order valence-electron chi connectivity index (χ2n) is 2.88. The Morgan fingerprint density at radius 2 is 2.45 bits per heavy atom. The normalized spacial score (nSPS) is 26.1. The van der Waals surface area contributed by atoms with Crippen molar-refractivity contribution >= 4 is 15.9 Å². The van der Waals surface area contributed by atoms with Crippen LogP contribution in [0.1, 0.15) is 19.3 Å². The molecule has 0 bridgehead atoms. The molecule has 0 saturated carbocycles. The van der Waals surface area contributed by atoms with E-state index in [1.165, 1.54) is 12.8 Å². The maximum atomic E-state index is 5.35. The second-order valence-corrected chi connectivity index (χ2v) is 3.68. The number of rotatable bonds is 3. The first-order valence-electron chi connectivity index (χ1n) is 4.24. The van der Waals surface area contributed by atoms with Gasteiger partial charge in [0, 0.05) is 17.9 Å². The molecule has 1 rings (SSSR count). The smallest absolute Gasteiger partial charge is 0.0528 e. The number of alkyl halides is 1. The third kappa shape index (κ3) is 3.92. The Balaban J connectivity index is 2.13. The molecule has 0 aromatic heterocycles. The van der Waals surface area contributed by atoms with Crippen molar-refractivity contribution in [2.75, 3.05) is 18.5 Å². The highest BCUT2D eigenvalue weighted by Gasteiger charge is 2.09. The lowest BCUT2D eigenvalue weighted by molar-refractivity contribution is 0.0709. The number of hydrogen-bond acceptors (Lipinski definition) is 1. The average Bonchev–Trinajstić information content (AvgIpc) is 2.07. The lowest BCUT2D eigenvalue weighted by Gasteiger charge is -2.18. The molecule has 1 heterocycles. The molecule has 0 radical (unpaired) electrons. The van der Waals surface area contributed by atoms with E-state index >= 15 is 0 Å². The molecule has 1 aliphatic heterocycles. The Labute approximate surface area is 76.9 Å². The molecule has 0 aromatic rings. The summed E-state index contributed by atoms with van der Waals surface area (Å²) in [6.07, 6.45) is 8.20. The average molecular weight is 219 g/mol. The van der Waals surface area contributed by atoms with Crippen LogP contribution in [0.3, 0.4) is 0 Å². The highest BCUT2D eigenvalue weighted by molar-refractivity contribution is 9.09. The van der Waals surface area contributed by atoms with Gasteiger partial charge in [0.15, 0.2) is 0 Å². The summed E-state index contributed by atoms with van der Waals surface area (Å²) in [6, 6.07) is 0. The minimum atomic E-state index is 0.683. The zero-order valence-electron chi connectivity index (χ0n) is 6.76. The molecule has 1 unspecified atom stereocenters. The number of allylic oxidation sites excluding steroid dienone is 1. The molecule has 1 nitrogen and oxygen atoms in total. The molecule has 0 N–H and O–H groups in total. The summed E-state index contributed by atoms with van der Waals surface area (Å²) in [6.45, 7) is 1.89. The Morgan fingerprint density at radius 3 is 3.09 bits per heavy atom. The molecule has 64 valence electrons. The van der Waals surface area contributed by atoms with Gasteiger partial charge in [-0.05, 0) is 19.3 Å². The van der Waals surface area contributed by atoms with Crippen LogP contribution in [0.2, 0.25) is 0 Å². The van der Waals surface area contributed by atoms with Crippen LogP contribution >= 0.6 is 15.9 Å². The zero-order chi connectivity index (χ0) is 7.94. The maximum Gasteiger partial charge on any atom is 0.0528 e. The lowest BCUT2D eigenvalue weighted by atomic mass is 10.0. The minimum absolute atomic E-state index is 0.683. The molecule has 0 aromatic carbocycles. The molecule has 1 atom stereocenters. The van der Waals surface area contributed by atoms with Crippen LogP contribution < -0.4 is 0 Å². The van der Waals surface area contributed by atoms with Crippen molar-refractivity contribution in [3.63, 3.8) is 0 Å². The van der Waals surface area contributed by atoms with Gasteiger partial charge in [0.05, 0.1) is 6.61 Å². The first-order valence-corrected chi connectivity index (χ1v) is 5.36. The van der Waals surface area contributed by atoms with Crippen LogP contribution in [-0.2, 0) is 4.74 Å². The third-order valence-electron chi connectivity index (χ3n) is 1.88. The summed E-state index contributed by atoms with van der Waals surface area (Å²) in [4.78, 5) is 0. The van der Waals surface area contributed by atoms with Gasteiger partial charge in [0.1, 0.15) is 0 Å². The molecule has 1 fully saturated rings. The first-order chi connectivity index (χ1) is 5.43. The Bertz CT molecular complexity index is 117. The first kappa shape index (κ1) is 9.27. The number of ether oxygens (including phenoxy) is 1. The fourth-order valence-electron chi connectivity index (χ4n) is 1.27. The largest absolute Gasteiger partial charge is 0.381 e. The SMILES string of the molecule is BrCC/C=C/C1CCCOC1. The monoisotopic (exact) mass is 218 g/mol. The molecule has 0 amide bonds. The van der Waals surface area contributed by atoms with Gasteiger partial charge in [-0.15, -0.1) is 0 Å². The quantitative estimate of drug-likeness (QED) is 0.523. The molecule has 0 spiro atoms. The standard InChI is InChI=1S/C9H15BrO/c10-6-2-1-4-9-5-3-7-11-8-9/h1,4,9H,2-3,5-8H2/b4-1+. The van der Waals surface area contributed by atoms with E-state index in [9.17, 15) is 0 Å². The fourth-order valence-corrected chi connectivity index (χ4v) is 1.53. The molecular weight excluding hydrogens is 204 g/mol. The summed E-state index contributed by atoms with van der Waals surface area (Å²) in [5.74, 6) is 0.683. The van der Waals surface area contributed by atoms with Crippen LogP contribution in [0.4, 0.5) is 0 Å². The minimum Gasteiger partial charge on any atom is -0.381 e. The number of hydrogen-bond donors (Lipinski definition) is 0. The van der Waals surface area contributed by atoms with Gasteiger partial charge in [-0.3, -0.25) is 0 Å². The van der Waals surface area contributed by atoms with Crippen LogP contribution in [-0.4, -0.2) is 18.5 Å². The summed E-state index contributed by atoms with van der Waals surface area (Å²) in [5.41, 5.74) is 0. The van der Waals surface area contributed by atoms with Crippen molar-refractivity contribution in [1.82, 2.24) is 0 Å². The Morgan fingerprint density at radius 1 is 1.55 bits per heavy atom. The van der Waals surface area contributed by atoms with Gasteiger partial charge in [0.2, 0.25) is 0 Å². The van der Waals surface area contributed by atoms with Crippen LogP contribution in [0, 0.1) is 5.92 Å². The Hall–Kier alpha value is 0.180. The molecule has 2 heteroatoms. The van der Waals surface area contributed by atoms with E-state index in [4.69, 9.17) is 4.74 Å². The molecular formula is C9H15BrO. The number of halogens is 1. The van der Waals surface area contributed by atoms with E-state index in [0.717, 1.165) is 25.0 Å². The van der Waals surface area contributed by atoms with E-state index in [0.29, 0.717) is 5.92 Å². The van der Waals surface area contributed by atoms with Gasteiger partial charge in [0.25, 0.3) is 0 Å². The van der Waals surface area contributed by atoms with Crippen LogP contribution in [0.5, 0.6) is 0 Å². The van der Waals surface area contributed by atoms with Crippen molar-refractivity contribution in [3.8, 4) is 0 Å². The predicted octanol–water partition coefficient (Wildman–Crippen LogP) is 2.75. The van der Waals surface area contributed by atoms with Crippen molar-refractivity contribution in [2.24, 2.45) is 5.92 Å². The molecule has 1 aliphatic rings. The van der Waals surface area contributed by atoms with Gasteiger partial charge in [-0.25, -0.2) is 0 Å². The van der Waals surface area contributed by atoms with E-state index in [2.05, 4.69) is 28.1 Å². The van der Waals surface area contributed by atoms with Gasteiger partial charge < -0.3 is 4.74 Å². The van der Waals surface area contributed by atoms with Gasteiger partial charge >= 0.3 is 0 Å². The van der Waals surface area contributed by atoms with E-state index in [1.54, 1.807) is 0 Å². The van der Waals surface area contributed by atoms with Crippen molar-refractivity contribution in [1.29, 1.82) is 0 Å². The molecule has 11 heavy (non-hydrogen) atoms. The van der Waals surface area contributed by atoms with Gasteiger partial charge in [-0.1, -0.05) is 28.1 Å². The van der Waals surface area contributed by atoms with Crippen molar-refractivity contribution in [2.45, 2.75) is 19.3 Å². The highest BCUT2D eigenvalue weighted by atomic mass is 79.9. The lowest BCUT2D eigenvalue weighted by Crippen LogP contribution is -2.14. The van der Waals surface area contributed by atoms with Gasteiger partial charge in [-0.2, -0.15) is 0 Å². The second kappa shape index (κ2) is 5.78. The maximum absolute atomic E-state index is 5.35. The van der Waals surface area contributed by atoms with E-state index in [-0.39, 0.29) is 0 Å². The van der Waals surface area contributed by atoms with E-state index in [1.807, 2.05) is 0 Å². The van der Waals surface area contributed by atoms with Crippen LogP contribution in [0.25, 0.3) is 0 Å². The summed E-state index contributed by atoms with van der Waals surface area (Å²) >= 11 is 3.39. The third-order valence-corrected chi connectivity index (χ3v) is 2.34.